The molecule has 1 saturated heterocycles. The van der Waals surface area contributed by atoms with E-state index in [9.17, 15) is 5.11 Å². The third-order valence-electron chi connectivity index (χ3n) is 3.24. The molecule has 0 amide bonds. The van der Waals surface area contributed by atoms with E-state index in [1.54, 1.807) is 0 Å². The Kier molecular flexibility index (Phi) is 3.93. The maximum atomic E-state index is 9.54. The molecule has 2 unspecified atom stereocenters. The summed E-state index contributed by atoms with van der Waals surface area (Å²) in [6.07, 6.45) is 2.07. The predicted octanol–water partition coefficient (Wildman–Crippen LogP) is 0.841. The van der Waals surface area contributed by atoms with Crippen LogP contribution in [0.5, 0.6) is 0 Å². The van der Waals surface area contributed by atoms with Crippen molar-refractivity contribution in [1.29, 1.82) is 0 Å². The van der Waals surface area contributed by atoms with Crippen LogP contribution in [-0.2, 0) is 6.42 Å². The lowest BCUT2D eigenvalue weighted by atomic mass is 10.1. The molecule has 0 aromatic heterocycles. The van der Waals surface area contributed by atoms with E-state index in [4.69, 9.17) is 0 Å². The molecule has 1 aliphatic rings. The van der Waals surface area contributed by atoms with Crippen molar-refractivity contribution in [3.8, 4) is 0 Å². The van der Waals surface area contributed by atoms with Crippen LogP contribution in [0.1, 0.15) is 12.0 Å². The molecule has 1 heterocycles. The van der Waals surface area contributed by atoms with Crippen molar-refractivity contribution in [2.75, 3.05) is 20.1 Å². The van der Waals surface area contributed by atoms with Crippen LogP contribution in [0.4, 0.5) is 0 Å². The van der Waals surface area contributed by atoms with E-state index in [-0.39, 0.29) is 6.10 Å². The molecule has 0 saturated carbocycles. The summed E-state index contributed by atoms with van der Waals surface area (Å²) in [5.41, 5.74) is 1.34. The van der Waals surface area contributed by atoms with E-state index in [2.05, 4.69) is 34.5 Å². The quantitative estimate of drug-likeness (QED) is 0.789. The van der Waals surface area contributed by atoms with Gasteiger partial charge in [0.2, 0.25) is 0 Å². The smallest absolute Gasteiger partial charge is 0.0679 e. The highest BCUT2D eigenvalue weighted by Crippen LogP contribution is 2.14. The molecule has 2 N–H and O–H groups in total. The summed E-state index contributed by atoms with van der Waals surface area (Å²) >= 11 is 0. The normalized spacial score (nSPS) is 23.5. The van der Waals surface area contributed by atoms with Gasteiger partial charge < -0.3 is 10.4 Å². The molecule has 1 fully saturated rings. The van der Waals surface area contributed by atoms with Crippen LogP contribution in [-0.4, -0.2) is 42.4 Å². The highest BCUT2D eigenvalue weighted by Gasteiger charge is 2.25. The van der Waals surface area contributed by atoms with E-state index in [1.807, 2.05) is 13.1 Å². The van der Waals surface area contributed by atoms with Gasteiger partial charge in [0.25, 0.3) is 0 Å². The van der Waals surface area contributed by atoms with Crippen molar-refractivity contribution in [2.24, 2.45) is 0 Å². The molecule has 3 heteroatoms. The number of nitrogens with one attached hydrogen (secondary N) is 1. The second-order valence-corrected chi connectivity index (χ2v) is 4.43. The Hall–Kier alpha value is -0.900. The maximum absolute atomic E-state index is 9.54. The molecule has 16 heavy (non-hydrogen) atoms. The van der Waals surface area contributed by atoms with Gasteiger partial charge in [0.1, 0.15) is 0 Å². The van der Waals surface area contributed by atoms with Crippen LogP contribution >= 0.6 is 0 Å². The first-order valence-electron chi connectivity index (χ1n) is 5.93. The first-order chi connectivity index (χ1) is 7.79. The summed E-state index contributed by atoms with van der Waals surface area (Å²) in [7, 11) is 1.98. The van der Waals surface area contributed by atoms with Crippen LogP contribution < -0.4 is 5.32 Å². The summed E-state index contributed by atoms with van der Waals surface area (Å²) in [5.74, 6) is 0. The van der Waals surface area contributed by atoms with Gasteiger partial charge in [-0.25, -0.2) is 0 Å². The van der Waals surface area contributed by atoms with Gasteiger partial charge in [-0.05, 0) is 19.0 Å². The Morgan fingerprint density at radius 3 is 2.75 bits per heavy atom. The lowest BCUT2D eigenvalue weighted by molar-refractivity contribution is 0.149. The summed E-state index contributed by atoms with van der Waals surface area (Å²) in [6.45, 7) is 1.78. The fraction of sp³-hybridized carbons (Fsp3) is 0.538. The fourth-order valence-electron chi connectivity index (χ4n) is 2.30. The molecule has 1 aromatic rings. The van der Waals surface area contributed by atoms with E-state index < -0.39 is 0 Å². The summed E-state index contributed by atoms with van der Waals surface area (Å²) in [6, 6.07) is 10.5. The van der Waals surface area contributed by atoms with Crippen molar-refractivity contribution in [1.82, 2.24) is 10.2 Å². The number of hydrogen-bond acceptors (Lipinski definition) is 3. The molecule has 3 nitrogen and oxygen atoms in total. The monoisotopic (exact) mass is 220 g/mol. The van der Waals surface area contributed by atoms with Crippen molar-refractivity contribution in [2.45, 2.75) is 25.1 Å². The fourth-order valence-corrected chi connectivity index (χ4v) is 2.30. The van der Waals surface area contributed by atoms with E-state index >= 15 is 0 Å². The van der Waals surface area contributed by atoms with Gasteiger partial charge in [0.05, 0.1) is 12.3 Å². The highest BCUT2D eigenvalue weighted by atomic mass is 16.3. The van der Waals surface area contributed by atoms with Gasteiger partial charge in [-0.2, -0.15) is 0 Å². The highest BCUT2D eigenvalue weighted by molar-refractivity contribution is 5.15. The molecular weight excluding hydrogens is 200 g/mol. The van der Waals surface area contributed by atoms with Crippen LogP contribution in [0.15, 0.2) is 30.3 Å². The number of aliphatic hydroxyl groups is 1. The number of aliphatic hydroxyl groups excluding tert-OH is 1. The summed E-state index contributed by atoms with van der Waals surface area (Å²) < 4.78 is 0. The number of nitrogens with zero attached hydrogens (tertiary/aromatic N) is 1. The number of benzene rings is 1. The van der Waals surface area contributed by atoms with Gasteiger partial charge in [-0.15, -0.1) is 0 Å². The molecule has 1 aromatic carbocycles. The maximum Gasteiger partial charge on any atom is 0.0679 e. The number of likely N-dealkylation sites (tertiary alicyclic amines) is 1. The Balaban J connectivity index is 1.96. The third kappa shape index (κ3) is 2.82. The Morgan fingerprint density at radius 2 is 2.19 bits per heavy atom. The Morgan fingerprint density at radius 1 is 1.44 bits per heavy atom. The minimum absolute atomic E-state index is 0.147. The lowest BCUT2D eigenvalue weighted by Crippen LogP contribution is -2.44. The zero-order chi connectivity index (χ0) is 11.4. The van der Waals surface area contributed by atoms with Gasteiger partial charge in [0, 0.05) is 19.5 Å². The number of likely N-dealkylation sites (N-methyl/N-ethyl adjacent to an activating group) is 1. The van der Waals surface area contributed by atoms with Crippen molar-refractivity contribution < 1.29 is 5.11 Å². The number of rotatable bonds is 4. The third-order valence-corrected chi connectivity index (χ3v) is 3.24. The van der Waals surface area contributed by atoms with Crippen molar-refractivity contribution in [3.63, 3.8) is 0 Å². The van der Waals surface area contributed by atoms with Gasteiger partial charge in [-0.3, -0.25) is 4.90 Å². The van der Waals surface area contributed by atoms with Gasteiger partial charge >= 0.3 is 0 Å². The average molecular weight is 220 g/mol. The van der Waals surface area contributed by atoms with Crippen LogP contribution in [0.25, 0.3) is 0 Å². The minimum Gasteiger partial charge on any atom is -0.392 e. The summed E-state index contributed by atoms with van der Waals surface area (Å²) in [4.78, 5) is 2.32. The molecule has 0 aliphatic carbocycles. The molecule has 2 rings (SSSR count). The Labute approximate surface area is 97.1 Å². The topological polar surface area (TPSA) is 35.5 Å². The lowest BCUT2D eigenvalue weighted by Gasteiger charge is -2.27. The average Bonchev–Trinajstić information content (AvgIpc) is 2.74. The standard InChI is InChI=1S/C13H20N2O/c1-14-13(15-8-7-12(16)10-15)9-11-5-3-2-4-6-11/h2-6,12-14,16H,7-10H2,1H3. The molecule has 0 radical (unpaired) electrons. The molecule has 1 aliphatic heterocycles. The van der Waals surface area contributed by atoms with E-state index in [0.717, 1.165) is 25.9 Å². The molecule has 0 bridgehead atoms. The van der Waals surface area contributed by atoms with Crippen LogP contribution in [0.3, 0.4) is 0 Å². The minimum atomic E-state index is -0.147. The molecule has 2 atom stereocenters. The zero-order valence-electron chi connectivity index (χ0n) is 9.76. The second kappa shape index (κ2) is 5.43. The zero-order valence-corrected chi connectivity index (χ0v) is 9.76. The van der Waals surface area contributed by atoms with E-state index in [0.29, 0.717) is 6.17 Å². The van der Waals surface area contributed by atoms with Gasteiger partial charge in [-0.1, -0.05) is 30.3 Å². The molecule has 88 valence electrons. The van der Waals surface area contributed by atoms with E-state index in [1.165, 1.54) is 5.56 Å². The van der Waals surface area contributed by atoms with Crippen LogP contribution in [0, 0.1) is 0 Å². The van der Waals surface area contributed by atoms with Gasteiger partial charge in [0.15, 0.2) is 0 Å². The Bertz CT molecular complexity index is 315. The molecular formula is C13H20N2O. The first kappa shape index (κ1) is 11.6. The predicted molar refractivity (Wildman–Crippen MR) is 65.2 cm³/mol. The second-order valence-electron chi connectivity index (χ2n) is 4.43. The first-order valence-corrected chi connectivity index (χ1v) is 5.93. The largest absolute Gasteiger partial charge is 0.392 e. The number of hydrogen-bond donors (Lipinski definition) is 2. The van der Waals surface area contributed by atoms with Crippen LogP contribution in [0.2, 0.25) is 0 Å². The van der Waals surface area contributed by atoms with Crippen molar-refractivity contribution >= 4 is 0 Å². The SMILES string of the molecule is CNC(Cc1ccccc1)N1CCC(O)C1. The summed E-state index contributed by atoms with van der Waals surface area (Å²) in [5, 5.41) is 12.9. The van der Waals surface area contributed by atoms with Crippen molar-refractivity contribution in [3.05, 3.63) is 35.9 Å². The molecule has 0 spiro atoms. The number of β-amino-alcohol motifs (C(OH)–C–C–N with tert-alkyl or cyclic N) is 1.